The lowest BCUT2D eigenvalue weighted by atomic mass is 10.0. The molecule has 2 nitrogen and oxygen atoms in total. The third-order valence-corrected chi connectivity index (χ3v) is 3.75. The van der Waals surface area contributed by atoms with Crippen molar-refractivity contribution in [3.63, 3.8) is 0 Å². The molecular formula is C16H14N2. The molecule has 1 unspecified atom stereocenters. The van der Waals surface area contributed by atoms with E-state index in [4.69, 9.17) is 0 Å². The quantitative estimate of drug-likeness (QED) is 0.657. The van der Waals surface area contributed by atoms with E-state index in [0.29, 0.717) is 6.04 Å². The first-order chi connectivity index (χ1) is 8.90. The number of anilines is 1. The molecule has 4 rings (SSSR count). The summed E-state index contributed by atoms with van der Waals surface area (Å²) in [7, 11) is 0. The predicted molar refractivity (Wildman–Crippen MR) is 74.8 cm³/mol. The van der Waals surface area contributed by atoms with Crippen LogP contribution in [0.4, 0.5) is 5.69 Å². The van der Waals surface area contributed by atoms with E-state index in [-0.39, 0.29) is 0 Å². The Labute approximate surface area is 106 Å². The van der Waals surface area contributed by atoms with Crippen molar-refractivity contribution >= 4 is 16.6 Å². The SMILES string of the molecule is c1ccc2c(c1)CC(c1ccc3[nH]ccc3c1)N2. The zero-order valence-electron chi connectivity index (χ0n) is 9.98. The summed E-state index contributed by atoms with van der Waals surface area (Å²) >= 11 is 0. The van der Waals surface area contributed by atoms with Gasteiger partial charge in [0.15, 0.2) is 0 Å². The maximum atomic E-state index is 3.60. The molecule has 1 aliphatic heterocycles. The Morgan fingerprint density at radius 1 is 1.00 bits per heavy atom. The molecule has 2 heteroatoms. The van der Waals surface area contributed by atoms with Crippen molar-refractivity contribution in [1.82, 2.24) is 4.98 Å². The minimum Gasteiger partial charge on any atom is -0.378 e. The highest BCUT2D eigenvalue weighted by molar-refractivity contribution is 5.80. The minimum atomic E-state index is 0.404. The molecule has 0 spiro atoms. The van der Waals surface area contributed by atoms with Gasteiger partial charge >= 0.3 is 0 Å². The van der Waals surface area contributed by atoms with Crippen molar-refractivity contribution in [3.8, 4) is 0 Å². The van der Waals surface area contributed by atoms with Gasteiger partial charge in [-0.3, -0.25) is 0 Å². The number of fused-ring (bicyclic) bond motifs is 2. The molecule has 2 N–H and O–H groups in total. The van der Waals surface area contributed by atoms with Crippen LogP contribution in [0.2, 0.25) is 0 Å². The highest BCUT2D eigenvalue weighted by Crippen LogP contribution is 2.34. The van der Waals surface area contributed by atoms with Crippen molar-refractivity contribution in [2.45, 2.75) is 12.5 Å². The highest BCUT2D eigenvalue weighted by atomic mass is 14.9. The minimum absolute atomic E-state index is 0.404. The largest absolute Gasteiger partial charge is 0.378 e. The summed E-state index contributed by atoms with van der Waals surface area (Å²) in [6.45, 7) is 0. The molecule has 18 heavy (non-hydrogen) atoms. The fourth-order valence-electron chi connectivity index (χ4n) is 2.79. The number of H-pyrrole nitrogens is 1. The standard InChI is InChI=1S/C16H14N2/c1-2-4-15-11(3-1)10-16(18-15)12-5-6-14-13(9-12)7-8-17-14/h1-9,16-18H,10H2. The number of rotatable bonds is 1. The first-order valence-corrected chi connectivity index (χ1v) is 6.32. The molecule has 0 bridgehead atoms. The molecule has 0 saturated carbocycles. The maximum absolute atomic E-state index is 3.60. The number of para-hydroxylation sites is 1. The Morgan fingerprint density at radius 3 is 2.89 bits per heavy atom. The van der Waals surface area contributed by atoms with Crippen LogP contribution in [0.3, 0.4) is 0 Å². The van der Waals surface area contributed by atoms with Gasteiger partial charge in [-0.1, -0.05) is 24.3 Å². The van der Waals surface area contributed by atoms with Gasteiger partial charge < -0.3 is 10.3 Å². The lowest BCUT2D eigenvalue weighted by Gasteiger charge is -2.11. The van der Waals surface area contributed by atoms with Gasteiger partial charge in [-0.2, -0.15) is 0 Å². The monoisotopic (exact) mass is 234 g/mol. The second-order valence-electron chi connectivity index (χ2n) is 4.88. The number of aromatic amines is 1. The third kappa shape index (κ3) is 1.42. The van der Waals surface area contributed by atoms with Crippen molar-refractivity contribution in [3.05, 3.63) is 65.9 Å². The number of benzene rings is 2. The summed E-state index contributed by atoms with van der Waals surface area (Å²) in [4.78, 5) is 3.23. The summed E-state index contributed by atoms with van der Waals surface area (Å²) in [5.41, 5.74) is 5.25. The zero-order chi connectivity index (χ0) is 11.9. The van der Waals surface area contributed by atoms with Crippen LogP contribution in [0.15, 0.2) is 54.7 Å². The Bertz CT molecular complexity index is 687. The molecule has 0 radical (unpaired) electrons. The second kappa shape index (κ2) is 3.64. The maximum Gasteiger partial charge on any atom is 0.0555 e. The van der Waals surface area contributed by atoms with Crippen LogP contribution in [-0.2, 0) is 6.42 Å². The average Bonchev–Trinajstić information content (AvgIpc) is 3.04. The van der Waals surface area contributed by atoms with Crippen LogP contribution in [0.25, 0.3) is 10.9 Å². The Morgan fingerprint density at radius 2 is 1.94 bits per heavy atom. The van der Waals surface area contributed by atoms with Gasteiger partial charge in [-0.15, -0.1) is 0 Å². The van der Waals surface area contributed by atoms with E-state index >= 15 is 0 Å². The molecule has 1 aliphatic rings. The predicted octanol–water partition coefficient (Wildman–Crippen LogP) is 3.88. The van der Waals surface area contributed by atoms with E-state index in [2.05, 4.69) is 58.8 Å². The normalized spacial score (nSPS) is 17.7. The first-order valence-electron chi connectivity index (χ1n) is 6.32. The summed E-state index contributed by atoms with van der Waals surface area (Å²) < 4.78 is 0. The Balaban J connectivity index is 1.73. The van der Waals surface area contributed by atoms with Gasteiger partial charge in [0.2, 0.25) is 0 Å². The van der Waals surface area contributed by atoms with Crippen molar-refractivity contribution in [1.29, 1.82) is 0 Å². The fourth-order valence-corrected chi connectivity index (χ4v) is 2.79. The summed E-state index contributed by atoms with van der Waals surface area (Å²) in [5.74, 6) is 0. The smallest absolute Gasteiger partial charge is 0.0555 e. The van der Waals surface area contributed by atoms with E-state index in [1.165, 1.54) is 27.7 Å². The van der Waals surface area contributed by atoms with Gasteiger partial charge in [0.25, 0.3) is 0 Å². The number of hydrogen-bond acceptors (Lipinski definition) is 1. The number of aromatic nitrogens is 1. The van der Waals surface area contributed by atoms with Gasteiger partial charge in [-0.25, -0.2) is 0 Å². The summed E-state index contributed by atoms with van der Waals surface area (Å²) in [6, 6.07) is 17.7. The number of nitrogens with one attached hydrogen (secondary N) is 2. The number of hydrogen-bond donors (Lipinski definition) is 2. The summed E-state index contributed by atoms with van der Waals surface area (Å²) in [5, 5.41) is 4.88. The Hall–Kier alpha value is -2.22. The molecule has 2 aromatic carbocycles. The van der Waals surface area contributed by atoms with Crippen LogP contribution < -0.4 is 5.32 Å². The molecule has 2 heterocycles. The third-order valence-electron chi connectivity index (χ3n) is 3.75. The molecule has 1 aromatic heterocycles. The van der Waals surface area contributed by atoms with E-state index in [0.717, 1.165) is 6.42 Å². The van der Waals surface area contributed by atoms with Crippen LogP contribution in [-0.4, -0.2) is 4.98 Å². The van der Waals surface area contributed by atoms with Gasteiger partial charge in [0, 0.05) is 17.4 Å². The van der Waals surface area contributed by atoms with Crippen LogP contribution in [0.5, 0.6) is 0 Å². The fraction of sp³-hybridized carbons (Fsp3) is 0.125. The summed E-state index contributed by atoms with van der Waals surface area (Å²) in [6.07, 6.45) is 3.07. The topological polar surface area (TPSA) is 27.8 Å². The highest BCUT2D eigenvalue weighted by Gasteiger charge is 2.21. The van der Waals surface area contributed by atoms with Gasteiger partial charge in [0.1, 0.15) is 0 Å². The first kappa shape index (κ1) is 9.77. The molecule has 0 aliphatic carbocycles. The molecular weight excluding hydrogens is 220 g/mol. The van der Waals surface area contributed by atoms with E-state index in [1.807, 2.05) is 6.20 Å². The molecule has 3 aromatic rings. The Kier molecular flexibility index (Phi) is 1.97. The van der Waals surface area contributed by atoms with Gasteiger partial charge in [0.05, 0.1) is 6.04 Å². The molecule has 1 atom stereocenters. The van der Waals surface area contributed by atoms with Crippen LogP contribution in [0, 0.1) is 0 Å². The lowest BCUT2D eigenvalue weighted by molar-refractivity contribution is 0.826. The van der Waals surface area contributed by atoms with Crippen molar-refractivity contribution in [2.24, 2.45) is 0 Å². The van der Waals surface area contributed by atoms with Crippen LogP contribution in [0.1, 0.15) is 17.2 Å². The molecule has 0 fully saturated rings. The lowest BCUT2D eigenvalue weighted by Crippen LogP contribution is -2.05. The molecule has 88 valence electrons. The van der Waals surface area contributed by atoms with Crippen molar-refractivity contribution in [2.75, 3.05) is 5.32 Å². The van der Waals surface area contributed by atoms with Gasteiger partial charge in [-0.05, 0) is 47.2 Å². The molecule has 0 amide bonds. The van der Waals surface area contributed by atoms with E-state index in [9.17, 15) is 0 Å². The zero-order valence-corrected chi connectivity index (χ0v) is 9.98. The molecule has 0 saturated heterocycles. The van der Waals surface area contributed by atoms with Crippen LogP contribution >= 0.6 is 0 Å². The van der Waals surface area contributed by atoms with E-state index < -0.39 is 0 Å². The van der Waals surface area contributed by atoms with E-state index in [1.54, 1.807) is 0 Å². The average molecular weight is 234 g/mol. The van der Waals surface area contributed by atoms with Crippen molar-refractivity contribution < 1.29 is 0 Å². The second-order valence-corrected chi connectivity index (χ2v) is 4.88.